The van der Waals surface area contributed by atoms with E-state index in [0.717, 1.165) is 35.4 Å². The molecule has 0 radical (unpaired) electrons. The van der Waals surface area contributed by atoms with E-state index in [1.807, 2.05) is 36.9 Å². The molecule has 8 nitrogen and oxygen atoms in total. The van der Waals surface area contributed by atoms with Gasteiger partial charge in [-0.05, 0) is 37.7 Å². The van der Waals surface area contributed by atoms with E-state index in [1.54, 1.807) is 13.3 Å². The van der Waals surface area contributed by atoms with E-state index in [1.165, 1.54) is 36.7 Å². The first-order chi connectivity index (χ1) is 18.9. The minimum absolute atomic E-state index is 0.367. The maximum absolute atomic E-state index is 9.98. The molecule has 2 saturated heterocycles. The Morgan fingerprint density at radius 1 is 1.15 bits per heavy atom. The standard InChI is InChI=1S/C28H26Cl2N6O2S/c1-16(25-20(29)11-32-12-21(25)30)38-24-7-19-22(8-23(24)37-2)34-35-26(19)18-6-17(9-31)27(33-10-18)36-13-28(14-36)4-3-5-39-15-28/h6-8,10-12,16H,3-5,13-15H2,1-2H3,(H,34,35)/t16-/m1/s1. The van der Waals surface area contributed by atoms with Crippen LogP contribution in [0.5, 0.6) is 11.5 Å². The summed E-state index contributed by atoms with van der Waals surface area (Å²) < 4.78 is 11.9. The van der Waals surface area contributed by atoms with E-state index in [-0.39, 0.29) is 0 Å². The lowest BCUT2D eigenvalue weighted by molar-refractivity contribution is 0.216. The number of nitrogens with one attached hydrogen (secondary N) is 1. The summed E-state index contributed by atoms with van der Waals surface area (Å²) in [6.45, 7) is 3.77. The zero-order chi connectivity index (χ0) is 27.1. The summed E-state index contributed by atoms with van der Waals surface area (Å²) in [6, 6.07) is 7.91. The monoisotopic (exact) mass is 580 g/mol. The van der Waals surface area contributed by atoms with Crippen LogP contribution in [0.3, 0.4) is 0 Å². The van der Waals surface area contributed by atoms with Crippen molar-refractivity contribution in [2.24, 2.45) is 5.41 Å². The summed E-state index contributed by atoms with van der Waals surface area (Å²) in [7, 11) is 1.58. The highest BCUT2D eigenvalue weighted by Crippen LogP contribution is 2.45. The van der Waals surface area contributed by atoms with Gasteiger partial charge in [-0.1, -0.05) is 23.2 Å². The number of hydrogen-bond acceptors (Lipinski definition) is 8. The fourth-order valence-electron chi connectivity index (χ4n) is 5.55. The average Bonchev–Trinajstić information content (AvgIpc) is 3.34. The first-order valence-corrected chi connectivity index (χ1v) is 14.6. The number of hydrogen-bond donors (Lipinski definition) is 1. The second kappa shape index (κ2) is 10.4. The number of H-pyrrole nitrogens is 1. The Morgan fingerprint density at radius 3 is 2.64 bits per heavy atom. The molecule has 2 aliphatic rings. The van der Waals surface area contributed by atoms with Crippen LogP contribution in [0.1, 0.15) is 37.0 Å². The van der Waals surface area contributed by atoms with Gasteiger partial charge in [-0.3, -0.25) is 10.1 Å². The summed E-state index contributed by atoms with van der Waals surface area (Å²) in [4.78, 5) is 11.0. The van der Waals surface area contributed by atoms with Crippen LogP contribution in [0.4, 0.5) is 5.82 Å². The van der Waals surface area contributed by atoms with Crippen LogP contribution < -0.4 is 14.4 Å². The summed E-state index contributed by atoms with van der Waals surface area (Å²) in [5.74, 6) is 4.22. The highest BCUT2D eigenvalue weighted by atomic mass is 35.5. The van der Waals surface area contributed by atoms with Crippen molar-refractivity contribution < 1.29 is 9.47 Å². The van der Waals surface area contributed by atoms with Crippen LogP contribution in [0.2, 0.25) is 10.0 Å². The molecule has 0 saturated carbocycles. The van der Waals surface area contributed by atoms with Crippen LogP contribution >= 0.6 is 35.0 Å². The molecule has 1 spiro atoms. The SMILES string of the molecule is COc1cc2[nH]nc(-c3cnc(N4CC5(CCCSC5)C4)c(C#N)c3)c2cc1O[C@H](C)c1c(Cl)cncc1Cl. The van der Waals surface area contributed by atoms with Crippen molar-refractivity contribution in [2.45, 2.75) is 25.9 Å². The van der Waals surface area contributed by atoms with E-state index < -0.39 is 6.10 Å². The Labute approximate surface area is 240 Å². The van der Waals surface area contributed by atoms with E-state index >= 15 is 0 Å². The largest absolute Gasteiger partial charge is 0.493 e. The molecule has 200 valence electrons. The molecule has 2 fully saturated rings. The van der Waals surface area contributed by atoms with E-state index in [9.17, 15) is 5.26 Å². The molecular formula is C28H26Cl2N6O2S. The van der Waals surface area contributed by atoms with Crippen LogP contribution in [-0.2, 0) is 0 Å². The number of halogens is 2. The number of methoxy groups -OCH3 is 1. The second-order valence-electron chi connectivity index (χ2n) is 10.1. The summed E-state index contributed by atoms with van der Waals surface area (Å²) in [6.07, 6.45) is 6.91. The number of pyridine rings is 2. The van der Waals surface area contributed by atoms with Gasteiger partial charge in [0.2, 0.25) is 0 Å². The van der Waals surface area contributed by atoms with Gasteiger partial charge in [0.1, 0.15) is 23.7 Å². The first-order valence-electron chi connectivity index (χ1n) is 12.7. The van der Waals surface area contributed by atoms with Crippen molar-refractivity contribution in [3.8, 4) is 28.8 Å². The van der Waals surface area contributed by atoms with Crippen LogP contribution in [0.25, 0.3) is 22.2 Å². The van der Waals surface area contributed by atoms with Crippen molar-refractivity contribution in [3.05, 3.63) is 58.0 Å². The highest BCUT2D eigenvalue weighted by Gasteiger charge is 2.44. The van der Waals surface area contributed by atoms with Crippen molar-refractivity contribution >= 4 is 51.7 Å². The number of aromatic nitrogens is 4. The topological polar surface area (TPSA) is 100.0 Å². The fourth-order valence-corrected chi connectivity index (χ4v) is 7.47. The lowest BCUT2D eigenvalue weighted by atomic mass is 9.77. The third-order valence-corrected chi connectivity index (χ3v) is 9.46. The number of benzene rings is 1. The number of fused-ring (bicyclic) bond motifs is 1. The molecule has 2 aliphatic heterocycles. The summed E-state index contributed by atoms with van der Waals surface area (Å²) >= 11 is 14.7. The number of aromatic amines is 1. The molecular weight excluding hydrogens is 555 g/mol. The number of anilines is 1. The summed E-state index contributed by atoms with van der Waals surface area (Å²) in [5, 5.41) is 19.2. The molecule has 6 rings (SSSR count). The normalized spacial score (nSPS) is 17.1. The van der Waals surface area contributed by atoms with Gasteiger partial charge >= 0.3 is 0 Å². The Balaban J connectivity index is 1.31. The van der Waals surface area contributed by atoms with Crippen molar-refractivity contribution in [3.63, 3.8) is 0 Å². The molecule has 0 aliphatic carbocycles. The Bertz CT molecular complexity index is 1570. The second-order valence-corrected chi connectivity index (χ2v) is 12.0. The van der Waals surface area contributed by atoms with E-state index in [4.69, 9.17) is 37.7 Å². The molecule has 0 bridgehead atoms. The number of nitrogens with zero attached hydrogens (tertiary/aromatic N) is 5. The van der Waals surface area contributed by atoms with Crippen molar-refractivity contribution in [1.82, 2.24) is 20.2 Å². The Hall–Kier alpha value is -3.19. The molecule has 1 N–H and O–H groups in total. The van der Waals surface area contributed by atoms with Gasteiger partial charge in [-0.2, -0.15) is 22.1 Å². The predicted octanol–water partition coefficient (Wildman–Crippen LogP) is 6.68. The molecule has 3 aromatic heterocycles. The first kappa shape index (κ1) is 26.1. The smallest absolute Gasteiger partial charge is 0.162 e. The number of rotatable bonds is 6. The number of thioether (sulfide) groups is 1. The molecule has 39 heavy (non-hydrogen) atoms. The third-order valence-electron chi connectivity index (χ3n) is 7.46. The number of nitriles is 1. The molecule has 0 unspecified atom stereocenters. The highest BCUT2D eigenvalue weighted by molar-refractivity contribution is 7.99. The van der Waals surface area contributed by atoms with Gasteiger partial charge in [0.05, 0.1) is 28.2 Å². The van der Waals surface area contributed by atoms with Crippen LogP contribution in [-0.4, -0.2) is 51.9 Å². The molecule has 11 heteroatoms. The van der Waals surface area contributed by atoms with Crippen molar-refractivity contribution in [2.75, 3.05) is 36.6 Å². The fraction of sp³-hybridized carbons (Fsp3) is 0.357. The Kier molecular flexibility index (Phi) is 6.96. The quantitative estimate of drug-likeness (QED) is 0.269. The lowest BCUT2D eigenvalue weighted by Gasteiger charge is -2.52. The average molecular weight is 582 g/mol. The van der Waals surface area contributed by atoms with Crippen molar-refractivity contribution in [1.29, 1.82) is 5.26 Å². The number of ether oxygens (including phenoxy) is 2. The van der Waals surface area contributed by atoms with Gasteiger partial charge in [0, 0.05) is 65.4 Å². The molecule has 0 amide bonds. The Morgan fingerprint density at radius 2 is 1.95 bits per heavy atom. The third kappa shape index (κ3) is 4.75. The zero-order valence-corrected chi connectivity index (χ0v) is 23.8. The van der Waals surface area contributed by atoms with E-state index in [2.05, 4.69) is 26.2 Å². The predicted molar refractivity (Wildman–Crippen MR) is 155 cm³/mol. The maximum atomic E-state index is 9.98. The maximum Gasteiger partial charge on any atom is 0.162 e. The minimum Gasteiger partial charge on any atom is -0.493 e. The van der Waals surface area contributed by atoms with Gasteiger partial charge in [0.15, 0.2) is 11.5 Å². The van der Waals surface area contributed by atoms with Crippen LogP contribution in [0, 0.1) is 16.7 Å². The van der Waals surface area contributed by atoms with E-state index in [0.29, 0.717) is 43.8 Å². The zero-order valence-electron chi connectivity index (χ0n) is 21.5. The lowest BCUT2D eigenvalue weighted by Crippen LogP contribution is -2.59. The molecule has 1 atom stereocenters. The van der Waals surface area contributed by atoms with Gasteiger partial charge in [0.25, 0.3) is 0 Å². The molecule has 1 aromatic carbocycles. The van der Waals surface area contributed by atoms with Gasteiger partial charge in [-0.15, -0.1) is 0 Å². The molecule has 4 aromatic rings. The summed E-state index contributed by atoms with van der Waals surface area (Å²) in [5.41, 5.74) is 3.73. The minimum atomic E-state index is -0.469. The van der Waals surface area contributed by atoms with Gasteiger partial charge in [-0.25, -0.2) is 4.98 Å². The van der Waals surface area contributed by atoms with Crippen LogP contribution in [0.15, 0.2) is 36.8 Å². The van der Waals surface area contributed by atoms with Gasteiger partial charge < -0.3 is 14.4 Å². The molecule has 5 heterocycles.